The summed E-state index contributed by atoms with van der Waals surface area (Å²) in [5.41, 5.74) is 0.795. The zero-order chi connectivity index (χ0) is 14.6. The zero-order valence-corrected chi connectivity index (χ0v) is 12.8. The summed E-state index contributed by atoms with van der Waals surface area (Å²) < 4.78 is 31.7. The molecule has 1 aliphatic rings. The van der Waals surface area contributed by atoms with Gasteiger partial charge in [0.1, 0.15) is 4.90 Å². The maximum atomic E-state index is 12.0. The van der Waals surface area contributed by atoms with Crippen molar-refractivity contribution in [3.63, 3.8) is 0 Å². The van der Waals surface area contributed by atoms with E-state index in [1.165, 1.54) is 7.05 Å². The Balaban J connectivity index is 2.14. The normalized spacial score (nSPS) is 18.7. The Bertz CT molecular complexity index is 551. The van der Waals surface area contributed by atoms with Crippen LogP contribution in [0.1, 0.15) is 19.8 Å². The Labute approximate surface area is 120 Å². The van der Waals surface area contributed by atoms with Crippen molar-refractivity contribution < 1.29 is 13.2 Å². The third-order valence-electron chi connectivity index (χ3n) is 3.85. The van der Waals surface area contributed by atoms with Gasteiger partial charge in [-0.25, -0.2) is 13.1 Å². The topological polar surface area (TPSA) is 67.4 Å². The molecule has 1 fully saturated rings. The molecule has 1 aromatic carbocycles. The van der Waals surface area contributed by atoms with Gasteiger partial charge in [-0.15, -0.1) is 0 Å². The lowest BCUT2D eigenvalue weighted by Gasteiger charge is -2.34. The quantitative estimate of drug-likeness (QED) is 0.870. The van der Waals surface area contributed by atoms with Gasteiger partial charge in [0, 0.05) is 19.8 Å². The number of hydrogen-bond acceptors (Lipinski definition) is 4. The Hall–Kier alpha value is -1.11. The van der Waals surface area contributed by atoms with Gasteiger partial charge in [-0.2, -0.15) is 0 Å². The van der Waals surface area contributed by atoms with Gasteiger partial charge >= 0.3 is 0 Å². The standard InChI is InChI=1S/C14H22N2O3S/c1-14(7-9-19-10-8-14)11-16-12-5-3-4-6-13(12)20(17,18)15-2/h3-6,15-16H,7-11H2,1-2H3. The average Bonchev–Trinajstić information content (AvgIpc) is 2.46. The summed E-state index contributed by atoms with van der Waals surface area (Å²) in [7, 11) is -2.02. The lowest BCUT2D eigenvalue weighted by Crippen LogP contribution is -2.33. The fourth-order valence-electron chi connectivity index (χ4n) is 2.31. The number of sulfonamides is 1. The molecule has 6 heteroatoms. The van der Waals surface area contributed by atoms with Gasteiger partial charge < -0.3 is 10.1 Å². The predicted molar refractivity (Wildman–Crippen MR) is 79.3 cm³/mol. The summed E-state index contributed by atoms with van der Waals surface area (Å²) in [5, 5.41) is 3.29. The van der Waals surface area contributed by atoms with Gasteiger partial charge in [0.15, 0.2) is 0 Å². The van der Waals surface area contributed by atoms with Gasteiger partial charge in [-0.05, 0) is 37.4 Å². The summed E-state index contributed by atoms with van der Waals surface area (Å²) in [6, 6.07) is 6.97. The number of nitrogens with one attached hydrogen (secondary N) is 2. The van der Waals surface area contributed by atoms with Crippen molar-refractivity contribution in [1.29, 1.82) is 0 Å². The molecule has 2 N–H and O–H groups in total. The van der Waals surface area contributed by atoms with Crippen LogP contribution in [0.15, 0.2) is 29.2 Å². The van der Waals surface area contributed by atoms with Crippen molar-refractivity contribution in [2.24, 2.45) is 5.41 Å². The van der Waals surface area contributed by atoms with Crippen LogP contribution in [-0.2, 0) is 14.8 Å². The lowest BCUT2D eigenvalue weighted by atomic mass is 9.82. The zero-order valence-electron chi connectivity index (χ0n) is 12.0. The van der Waals surface area contributed by atoms with E-state index in [-0.39, 0.29) is 10.3 Å². The number of anilines is 1. The molecule has 1 saturated heterocycles. The fourth-order valence-corrected chi connectivity index (χ4v) is 3.21. The Morgan fingerprint density at radius 2 is 1.90 bits per heavy atom. The number of para-hydroxylation sites is 1. The van der Waals surface area contributed by atoms with Crippen LogP contribution < -0.4 is 10.0 Å². The SMILES string of the molecule is CNS(=O)(=O)c1ccccc1NCC1(C)CCOCC1. The largest absolute Gasteiger partial charge is 0.383 e. The van der Waals surface area contributed by atoms with E-state index >= 15 is 0 Å². The van der Waals surface area contributed by atoms with Crippen LogP contribution in [-0.4, -0.2) is 35.2 Å². The van der Waals surface area contributed by atoms with Gasteiger partial charge in [-0.1, -0.05) is 19.1 Å². The maximum absolute atomic E-state index is 12.0. The van der Waals surface area contributed by atoms with Crippen LogP contribution in [0.2, 0.25) is 0 Å². The molecule has 0 bridgehead atoms. The van der Waals surface area contributed by atoms with Crippen molar-refractivity contribution in [3.8, 4) is 0 Å². The van der Waals surface area contributed by atoms with E-state index in [4.69, 9.17) is 4.74 Å². The van der Waals surface area contributed by atoms with E-state index in [9.17, 15) is 8.42 Å². The Kier molecular flexibility index (Phi) is 4.67. The van der Waals surface area contributed by atoms with Gasteiger partial charge in [0.2, 0.25) is 10.0 Å². The van der Waals surface area contributed by atoms with Crippen molar-refractivity contribution >= 4 is 15.7 Å². The molecule has 0 spiro atoms. The first-order valence-electron chi connectivity index (χ1n) is 6.81. The van der Waals surface area contributed by atoms with E-state index in [1.807, 2.05) is 6.07 Å². The molecule has 0 unspecified atom stereocenters. The molecule has 20 heavy (non-hydrogen) atoms. The highest BCUT2D eigenvalue weighted by Gasteiger charge is 2.27. The highest BCUT2D eigenvalue weighted by molar-refractivity contribution is 7.89. The number of benzene rings is 1. The predicted octanol–water partition coefficient (Wildman–Crippen LogP) is 1.82. The van der Waals surface area contributed by atoms with Crippen LogP contribution >= 0.6 is 0 Å². The Morgan fingerprint density at radius 3 is 2.55 bits per heavy atom. The molecular formula is C14H22N2O3S. The number of rotatable bonds is 5. The summed E-state index contributed by atoms with van der Waals surface area (Å²) in [6.45, 7) is 4.49. The second-order valence-corrected chi connectivity index (χ2v) is 7.34. The summed E-state index contributed by atoms with van der Waals surface area (Å²) in [6.07, 6.45) is 1.97. The summed E-state index contributed by atoms with van der Waals surface area (Å²) in [4.78, 5) is 0.290. The van der Waals surface area contributed by atoms with E-state index in [0.717, 1.165) is 32.6 Å². The second-order valence-electron chi connectivity index (χ2n) is 5.48. The smallest absolute Gasteiger partial charge is 0.242 e. The van der Waals surface area contributed by atoms with Crippen LogP contribution in [0.5, 0.6) is 0 Å². The van der Waals surface area contributed by atoms with Crippen LogP contribution in [0.3, 0.4) is 0 Å². The molecule has 2 rings (SSSR count). The molecular weight excluding hydrogens is 276 g/mol. The highest BCUT2D eigenvalue weighted by atomic mass is 32.2. The molecule has 1 aromatic rings. The number of ether oxygens (including phenoxy) is 1. The second kappa shape index (κ2) is 6.11. The molecule has 0 radical (unpaired) electrons. The van der Waals surface area contributed by atoms with Gasteiger partial charge in [-0.3, -0.25) is 0 Å². The highest BCUT2D eigenvalue weighted by Crippen LogP contribution is 2.31. The average molecular weight is 298 g/mol. The first-order chi connectivity index (χ1) is 9.47. The third-order valence-corrected chi connectivity index (χ3v) is 5.32. The monoisotopic (exact) mass is 298 g/mol. The maximum Gasteiger partial charge on any atom is 0.242 e. The molecule has 1 heterocycles. The minimum atomic E-state index is -3.44. The fraction of sp³-hybridized carbons (Fsp3) is 0.571. The minimum Gasteiger partial charge on any atom is -0.383 e. The molecule has 112 valence electrons. The van der Waals surface area contributed by atoms with Gasteiger partial charge in [0.25, 0.3) is 0 Å². The molecule has 0 amide bonds. The van der Waals surface area contributed by atoms with Crippen molar-refractivity contribution in [2.45, 2.75) is 24.7 Å². The van der Waals surface area contributed by atoms with Gasteiger partial charge in [0.05, 0.1) is 5.69 Å². The van der Waals surface area contributed by atoms with E-state index < -0.39 is 10.0 Å². The van der Waals surface area contributed by atoms with E-state index in [2.05, 4.69) is 17.0 Å². The molecule has 0 atom stereocenters. The molecule has 0 aromatic heterocycles. The minimum absolute atomic E-state index is 0.148. The van der Waals surface area contributed by atoms with Crippen LogP contribution in [0.4, 0.5) is 5.69 Å². The van der Waals surface area contributed by atoms with Crippen LogP contribution in [0.25, 0.3) is 0 Å². The third kappa shape index (κ3) is 3.50. The first kappa shape index (κ1) is 15.3. The Morgan fingerprint density at radius 1 is 1.25 bits per heavy atom. The molecule has 1 aliphatic heterocycles. The summed E-state index contributed by atoms with van der Waals surface area (Å²) in [5.74, 6) is 0. The van der Waals surface area contributed by atoms with E-state index in [0.29, 0.717) is 5.69 Å². The molecule has 5 nitrogen and oxygen atoms in total. The van der Waals surface area contributed by atoms with Crippen molar-refractivity contribution in [1.82, 2.24) is 4.72 Å². The first-order valence-corrected chi connectivity index (χ1v) is 8.29. The summed E-state index contributed by atoms with van der Waals surface area (Å²) >= 11 is 0. The van der Waals surface area contributed by atoms with Crippen molar-refractivity contribution in [2.75, 3.05) is 32.1 Å². The number of hydrogen-bond donors (Lipinski definition) is 2. The van der Waals surface area contributed by atoms with E-state index in [1.54, 1.807) is 18.2 Å². The molecule has 0 aliphatic carbocycles. The molecule has 0 saturated carbocycles. The van der Waals surface area contributed by atoms with Crippen LogP contribution in [0, 0.1) is 5.41 Å². The lowest BCUT2D eigenvalue weighted by molar-refractivity contribution is 0.0300. The van der Waals surface area contributed by atoms with Crippen molar-refractivity contribution in [3.05, 3.63) is 24.3 Å².